The van der Waals surface area contributed by atoms with Gasteiger partial charge in [-0.25, -0.2) is 9.97 Å². The van der Waals surface area contributed by atoms with E-state index in [4.69, 9.17) is 10.1 Å². The van der Waals surface area contributed by atoms with Crippen molar-refractivity contribution in [3.63, 3.8) is 0 Å². The Balaban J connectivity index is 1.53. The van der Waals surface area contributed by atoms with Crippen molar-refractivity contribution in [1.82, 2.24) is 29.5 Å². The average Bonchev–Trinajstić information content (AvgIpc) is 3.32. The molecule has 0 saturated heterocycles. The molecular weight excluding hydrogens is 374 g/mol. The molecule has 0 radical (unpaired) electrons. The van der Waals surface area contributed by atoms with Gasteiger partial charge in [-0.1, -0.05) is 29.8 Å². The first kappa shape index (κ1) is 18.5. The Hall–Kier alpha value is -3.48. The van der Waals surface area contributed by atoms with Gasteiger partial charge in [-0.05, 0) is 37.8 Å². The summed E-state index contributed by atoms with van der Waals surface area (Å²) in [5.41, 5.74) is 8.17. The number of rotatable bonds is 5. The zero-order valence-corrected chi connectivity index (χ0v) is 17.6. The summed E-state index contributed by atoms with van der Waals surface area (Å²) in [6.07, 6.45) is 6.54. The van der Waals surface area contributed by atoms with E-state index in [-0.39, 0.29) is 0 Å². The Kier molecular flexibility index (Phi) is 4.58. The Morgan fingerprint density at radius 2 is 2.03 bits per heavy atom. The minimum Gasteiger partial charge on any atom is -0.307 e. The molecule has 3 heterocycles. The normalized spacial score (nSPS) is 12.5. The SMILES string of the molecule is CCn1ccc(Nc2ncc3c(n2)-c2c(nn(C)c2Cc2cccc(C)c2)CC3)n1. The molecular formula is C23H25N7. The van der Waals surface area contributed by atoms with Gasteiger partial charge in [0.1, 0.15) is 0 Å². The molecule has 7 heteroatoms. The summed E-state index contributed by atoms with van der Waals surface area (Å²) in [6.45, 7) is 5.02. The Bertz CT molecular complexity index is 1220. The summed E-state index contributed by atoms with van der Waals surface area (Å²) < 4.78 is 3.89. The predicted octanol–water partition coefficient (Wildman–Crippen LogP) is 3.83. The summed E-state index contributed by atoms with van der Waals surface area (Å²) in [4.78, 5) is 9.42. The van der Waals surface area contributed by atoms with Gasteiger partial charge in [0.05, 0.1) is 17.1 Å². The van der Waals surface area contributed by atoms with Gasteiger partial charge in [0.15, 0.2) is 5.82 Å². The highest BCUT2D eigenvalue weighted by Gasteiger charge is 2.26. The third kappa shape index (κ3) is 3.36. The molecule has 1 aromatic carbocycles. The van der Waals surface area contributed by atoms with E-state index in [9.17, 15) is 0 Å². The summed E-state index contributed by atoms with van der Waals surface area (Å²) in [5, 5.41) is 12.5. The molecule has 4 aromatic rings. The Morgan fingerprint density at radius 3 is 2.83 bits per heavy atom. The van der Waals surface area contributed by atoms with Crippen molar-refractivity contribution >= 4 is 11.8 Å². The molecule has 0 bridgehead atoms. The molecule has 1 aliphatic carbocycles. The fourth-order valence-corrected chi connectivity index (χ4v) is 4.12. The first-order valence-electron chi connectivity index (χ1n) is 10.4. The van der Waals surface area contributed by atoms with E-state index >= 15 is 0 Å². The van der Waals surface area contributed by atoms with Crippen LogP contribution < -0.4 is 5.32 Å². The van der Waals surface area contributed by atoms with Gasteiger partial charge < -0.3 is 5.32 Å². The molecule has 1 aliphatic rings. The number of nitrogens with one attached hydrogen (secondary N) is 1. The maximum atomic E-state index is 4.89. The molecule has 30 heavy (non-hydrogen) atoms. The lowest BCUT2D eigenvalue weighted by Gasteiger charge is -2.16. The topological polar surface area (TPSA) is 73.5 Å². The molecule has 152 valence electrons. The van der Waals surface area contributed by atoms with Crippen LogP contribution in [0.4, 0.5) is 11.8 Å². The van der Waals surface area contributed by atoms with E-state index in [0.717, 1.165) is 48.6 Å². The molecule has 7 nitrogen and oxygen atoms in total. The van der Waals surface area contributed by atoms with E-state index < -0.39 is 0 Å². The minimum atomic E-state index is 0.563. The van der Waals surface area contributed by atoms with Crippen molar-refractivity contribution in [2.24, 2.45) is 7.05 Å². The largest absolute Gasteiger partial charge is 0.307 e. The molecule has 0 atom stereocenters. The standard InChI is InChI=1S/C23H25N7/c1-4-30-11-10-20(28-30)25-23-24-14-17-8-9-18-21(22(17)26-23)19(29(3)27-18)13-16-7-5-6-15(2)12-16/h5-7,10-12,14H,4,8-9,13H2,1-3H3,(H,24,25,26,28). The van der Waals surface area contributed by atoms with Crippen LogP contribution in [0.3, 0.4) is 0 Å². The van der Waals surface area contributed by atoms with Crippen molar-refractivity contribution in [3.8, 4) is 11.3 Å². The van der Waals surface area contributed by atoms with Crippen molar-refractivity contribution in [2.45, 2.75) is 39.7 Å². The van der Waals surface area contributed by atoms with Crippen LogP contribution in [0.2, 0.25) is 0 Å². The third-order valence-electron chi connectivity index (χ3n) is 5.63. The molecule has 1 N–H and O–H groups in total. The van der Waals surface area contributed by atoms with Crippen molar-refractivity contribution < 1.29 is 0 Å². The lowest BCUT2D eigenvalue weighted by Crippen LogP contribution is -2.09. The fraction of sp³-hybridized carbons (Fsp3) is 0.304. The molecule has 0 fully saturated rings. The van der Waals surface area contributed by atoms with Crippen molar-refractivity contribution in [3.05, 3.63) is 70.8 Å². The van der Waals surface area contributed by atoms with Crippen LogP contribution in [-0.4, -0.2) is 29.5 Å². The average molecular weight is 400 g/mol. The van der Waals surface area contributed by atoms with Gasteiger partial charge in [-0.15, -0.1) is 0 Å². The summed E-state index contributed by atoms with van der Waals surface area (Å²) in [7, 11) is 2.03. The highest BCUT2D eigenvalue weighted by Crippen LogP contribution is 2.35. The monoisotopic (exact) mass is 399 g/mol. The maximum absolute atomic E-state index is 4.89. The van der Waals surface area contributed by atoms with Gasteiger partial charge in [0.25, 0.3) is 0 Å². The number of nitrogens with zero attached hydrogens (tertiary/aromatic N) is 6. The highest BCUT2D eigenvalue weighted by molar-refractivity contribution is 5.72. The van der Waals surface area contributed by atoms with Gasteiger partial charge >= 0.3 is 0 Å². The second kappa shape index (κ2) is 7.40. The molecule has 0 saturated carbocycles. The van der Waals surface area contributed by atoms with E-state index in [2.05, 4.69) is 53.5 Å². The zero-order chi connectivity index (χ0) is 20.7. The van der Waals surface area contributed by atoms with Crippen LogP contribution in [0.5, 0.6) is 0 Å². The van der Waals surface area contributed by atoms with Gasteiger partial charge in [-0.2, -0.15) is 10.2 Å². The maximum Gasteiger partial charge on any atom is 0.228 e. The smallest absolute Gasteiger partial charge is 0.228 e. The van der Waals surface area contributed by atoms with Crippen LogP contribution in [0.25, 0.3) is 11.3 Å². The van der Waals surface area contributed by atoms with Crippen LogP contribution in [0, 0.1) is 6.92 Å². The quantitative estimate of drug-likeness (QED) is 0.552. The lowest BCUT2D eigenvalue weighted by atomic mass is 9.91. The van der Waals surface area contributed by atoms with Gasteiger partial charge in [0, 0.05) is 44.0 Å². The highest BCUT2D eigenvalue weighted by atomic mass is 15.3. The number of benzene rings is 1. The van der Waals surface area contributed by atoms with Crippen molar-refractivity contribution in [2.75, 3.05) is 5.32 Å². The predicted molar refractivity (Wildman–Crippen MR) is 117 cm³/mol. The van der Waals surface area contributed by atoms with Crippen LogP contribution >= 0.6 is 0 Å². The summed E-state index contributed by atoms with van der Waals surface area (Å²) in [6, 6.07) is 10.6. The second-order valence-electron chi connectivity index (χ2n) is 7.81. The minimum absolute atomic E-state index is 0.563. The van der Waals surface area contributed by atoms with E-state index in [0.29, 0.717) is 5.95 Å². The summed E-state index contributed by atoms with van der Waals surface area (Å²) >= 11 is 0. The zero-order valence-electron chi connectivity index (χ0n) is 17.6. The number of anilines is 2. The van der Waals surface area contributed by atoms with Crippen LogP contribution in [-0.2, 0) is 32.9 Å². The number of hydrogen-bond donors (Lipinski definition) is 1. The van der Waals surface area contributed by atoms with E-state index in [1.807, 2.05) is 34.9 Å². The molecule has 0 spiro atoms. The van der Waals surface area contributed by atoms with Gasteiger partial charge in [0.2, 0.25) is 5.95 Å². The van der Waals surface area contributed by atoms with Crippen molar-refractivity contribution in [1.29, 1.82) is 0 Å². The molecule has 3 aromatic heterocycles. The Morgan fingerprint density at radius 1 is 1.13 bits per heavy atom. The molecule has 0 unspecified atom stereocenters. The first-order valence-corrected chi connectivity index (χ1v) is 10.4. The molecule has 5 rings (SSSR count). The van der Waals surface area contributed by atoms with E-state index in [1.54, 1.807) is 0 Å². The number of aromatic nitrogens is 6. The van der Waals surface area contributed by atoms with Crippen LogP contribution in [0.1, 0.15) is 35.0 Å². The van der Waals surface area contributed by atoms with Crippen LogP contribution in [0.15, 0.2) is 42.7 Å². The summed E-state index contributed by atoms with van der Waals surface area (Å²) in [5.74, 6) is 1.31. The lowest BCUT2D eigenvalue weighted by molar-refractivity contribution is 0.662. The second-order valence-corrected chi connectivity index (χ2v) is 7.81. The first-order chi connectivity index (χ1) is 14.6. The van der Waals surface area contributed by atoms with E-state index in [1.165, 1.54) is 22.4 Å². The number of fused-ring (bicyclic) bond motifs is 3. The molecule has 0 amide bonds. The number of hydrogen-bond acceptors (Lipinski definition) is 5. The molecule has 0 aliphatic heterocycles. The van der Waals surface area contributed by atoms with Gasteiger partial charge in [-0.3, -0.25) is 9.36 Å². The Labute approximate surface area is 175 Å². The number of aryl methyl sites for hydroxylation is 5. The fourth-order valence-electron chi connectivity index (χ4n) is 4.12. The third-order valence-corrected chi connectivity index (χ3v) is 5.63.